The number of ether oxygens (including phenoxy) is 1. The maximum atomic E-state index is 12.0. The van der Waals surface area contributed by atoms with E-state index in [2.05, 4.69) is 0 Å². The number of carbonyl (C=O) groups is 1. The second kappa shape index (κ2) is 6.16. The Morgan fingerprint density at radius 1 is 1.00 bits per heavy atom. The molecule has 0 aliphatic rings. The summed E-state index contributed by atoms with van der Waals surface area (Å²) < 4.78 is 5.47. The summed E-state index contributed by atoms with van der Waals surface area (Å²) in [6.45, 7) is 0.734. The molecule has 0 aromatic heterocycles. The van der Waals surface area contributed by atoms with Crippen LogP contribution in [-0.2, 0) is 6.54 Å². The molecule has 2 rings (SSSR count). The Morgan fingerprint density at radius 2 is 1.63 bits per heavy atom. The Labute approximate surface area is 113 Å². The van der Waals surface area contributed by atoms with Gasteiger partial charge in [-0.1, -0.05) is 36.4 Å². The molecule has 0 radical (unpaired) electrons. The molecule has 98 valence electrons. The zero-order valence-corrected chi connectivity index (χ0v) is 11.2. The van der Waals surface area contributed by atoms with Crippen molar-refractivity contribution in [3.63, 3.8) is 0 Å². The minimum absolute atomic E-state index is 0.327. The average molecular weight is 255 g/mol. The highest BCUT2D eigenvalue weighted by atomic mass is 16.5. The molecule has 3 heteroatoms. The van der Waals surface area contributed by atoms with Crippen molar-refractivity contribution in [3.8, 4) is 5.75 Å². The molecule has 0 bridgehead atoms. The first-order chi connectivity index (χ1) is 9.16. The van der Waals surface area contributed by atoms with E-state index < -0.39 is 0 Å². The number of carbonyl (C=O) groups excluding carboxylic acids is 1. The molecule has 2 aromatic carbocycles. The first-order valence-electron chi connectivity index (χ1n) is 6.16. The van der Waals surface area contributed by atoms with Crippen molar-refractivity contribution in [2.45, 2.75) is 6.54 Å². The van der Waals surface area contributed by atoms with Crippen molar-refractivity contribution in [2.24, 2.45) is 0 Å². The molecular weight excluding hydrogens is 238 g/mol. The van der Waals surface area contributed by atoms with E-state index in [1.54, 1.807) is 12.1 Å². The number of nitrogens with zero attached hydrogens (tertiary/aromatic N) is 1. The Morgan fingerprint density at radius 3 is 2.32 bits per heavy atom. The van der Waals surface area contributed by atoms with E-state index in [4.69, 9.17) is 4.74 Å². The number of esters is 1. The van der Waals surface area contributed by atoms with Gasteiger partial charge in [-0.3, -0.25) is 0 Å². The summed E-state index contributed by atoms with van der Waals surface area (Å²) in [6, 6.07) is 16.6. The molecular formula is C16H17NO2. The van der Waals surface area contributed by atoms with Crippen LogP contribution < -0.4 is 4.74 Å². The first kappa shape index (κ1) is 13.3. The third-order valence-corrected chi connectivity index (χ3v) is 2.67. The monoisotopic (exact) mass is 255 g/mol. The lowest BCUT2D eigenvalue weighted by atomic mass is 10.2. The quantitative estimate of drug-likeness (QED) is 0.621. The van der Waals surface area contributed by atoms with Crippen LogP contribution >= 0.6 is 0 Å². The van der Waals surface area contributed by atoms with E-state index in [0.717, 1.165) is 12.1 Å². The van der Waals surface area contributed by atoms with Gasteiger partial charge < -0.3 is 9.64 Å². The molecule has 3 nitrogen and oxygen atoms in total. The summed E-state index contributed by atoms with van der Waals surface area (Å²) in [5.74, 6) is 0.289. The largest absolute Gasteiger partial charge is 0.423 e. The number of hydrogen-bond donors (Lipinski definition) is 0. The van der Waals surface area contributed by atoms with E-state index in [0.29, 0.717) is 11.3 Å². The van der Waals surface area contributed by atoms with Gasteiger partial charge in [-0.15, -0.1) is 0 Å². The molecule has 0 saturated heterocycles. The molecule has 2 aromatic rings. The highest BCUT2D eigenvalue weighted by Crippen LogP contribution is 2.20. The van der Waals surface area contributed by atoms with Crippen molar-refractivity contribution in [3.05, 3.63) is 65.7 Å². The highest BCUT2D eigenvalue weighted by molar-refractivity contribution is 5.91. The maximum Gasteiger partial charge on any atom is 0.343 e. The lowest BCUT2D eigenvalue weighted by molar-refractivity contribution is 0.0732. The smallest absolute Gasteiger partial charge is 0.343 e. The van der Waals surface area contributed by atoms with Gasteiger partial charge in [0.15, 0.2) is 0 Å². The normalized spacial score (nSPS) is 10.5. The Bertz CT molecular complexity index is 550. The predicted octanol–water partition coefficient (Wildman–Crippen LogP) is 2.97. The van der Waals surface area contributed by atoms with Crippen LogP contribution in [0.1, 0.15) is 15.9 Å². The van der Waals surface area contributed by atoms with Gasteiger partial charge in [-0.25, -0.2) is 4.79 Å². The fourth-order valence-corrected chi connectivity index (χ4v) is 1.81. The molecule has 0 atom stereocenters. The lowest BCUT2D eigenvalue weighted by Gasteiger charge is -2.13. The predicted molar refractivity (Wildman–Crippen MR) is 75.2 cm³/mol. The molecule has 0 spiro atoms. The third kappa shape index (κ3) is 3.66. The molecule has 19 heavy (non-hydrogen) atoms. The van der Waals surface area contributed by atoms with Gasteiger partial charge in [-0.05, 0) is 32.3 Å². The fraction of sp³-hybridized carbons (Fsp3) is 0.188. The molecule has 0 fully saturated rings. The first-order valence-corrected chi connectivity index (χ1v) is 6.16. The van der Waals surface area contributed by atoms with Crippen LogP contribution in [-0.4, -0.2) is 25.0 Å². The fourth-order valence-electron chi connectivity index (χ4n) is 1.81. The Hall–Kier alpha value is -2.13. The standard InChI is InChI=1S/C16H17NO2/c1-17(2)12-14-10-6-7-11-15(14)19-16(18)13-8-4-3-5-9-13/h3-11H,12H2,1-2H3. The summed E-state index contributed by atoms with van der Waals surface area (Å²) >= 11 is 0. The van der Waals surface area contributed by atoms with E-state index in [1.807, 2.05) is 61.5 Å². The van der Waals surface area contributed by atoms with E-state index in [1.165, 1.54) is 0 Å². The van der Waals surface area contributed by atoms with Crippen molar-refractivity contribution >= 4 is 5.97 Å². The van der Waals surface area contributed by atoms with Crippen LogP contribution in [0.5, 0.6) is 5.75 Å². The van der Waals surface area contributed by atoms with Gasteiger partial charge >= 0.3 is 5.97 Å². The van der Waals surface area contributed by atoms with Crippen molar-refractivity contribution < 1.29 is 9.53 Å². The Balaban J connectivity index is 2.17. The van der Waals surface area contributed by atoms with Gasteiger partial charge in [0.25, 0.3) is 0 Å². The molecule has 0 aliphatic heterocycles. The number of para-hydroxylation sites is 1. The number of rotatable bonds is 4. The highest BCUT2D eigenvalue weighted by Gasteiger charge is 2.11. The van der Waals surface area contributed by atoms with Gasteiger partial charge in [0.1, 0.15) is 5.75 Å². The van der Waals surface area contributed by atoms with E-state index in [-0.39, 0.29) is 5.97 Å². The maximum absolute atomic E-state index is 12.0. The Kier molecular flexibility index (Phi) is 4.31. The summed E-state index contributed by atoms with van der Waals surface area (Å²) in [5, 5.41) is 0. The van der Waals surface area contributed by atoms with Crippen molar-refractivity contribution in [1.29, 1.82) is 0 Å². The topological polar surface area (TPSA) is 29.5 Å². The van der Waals surface area contributed by atoms with Gasteiger partial charge in [0.05, 0.1) is 5.56 Å². The molecule has 0 aliphatic carbocycles. The van der Waals surface area contributed by atoms with Gasteiger partial charge in [-0.2, -0.15) is 0 Å². The van der Waals surface area contributed by atoms with Crippen molar-refractivity contribution in [1.82, 2.24) is 4.90 Å². The lowest BCUT2D eigenvalue weighted by Crippen LogP contribution is -2.14. The molecule has 0 unspecified atom stereocenters. The SMILES string of the molecule is CN(C)Cc1ccccc1OC(=O)c1ccccc1. The van der Waals surface area contributed by atoms with E-state index in [9.17, 15) is 4.79 Å². The van der Waals surface area contributed by atoms with Crippen LogP contribution in [0.25, 0.3) is 0 Å². The van der Waals surface area contributed by atoms with Crippen LogP contribution in [0, 0.1) is 0 Å². The van der Waals surface area contributed by atoms with Crippen LogP contribution in [0.3, 0.4) is 0 Å². The number of hydrogen-bond acceptors (Lipinski definition) is 3. The minimum Gasteiger partial charge on any atom is -0.423 e. The van der Waals surface area contributed by atoms with Gasteiger partial charge in [0, 0.05) is 12.1 Å². The average Bonchev–Trinajstić information content (AvgIpc) is 2.41. The van der Waals surface area contributed by atoms with Crippen LogP contribution in [0.4, 0.5) is 0 Å². The summed E-state index contributed by atoms with van der Waals surface area (Å²) in [7, 11) is 3.96. The minimum atomic E-state index is -0.327. The second-order valence-corrected chi connectivity index (χ2v) is 4.60. The summed E-state index contributed by atoms with van der Waals surface area (Å²) in [4.78, 5) is 14.1. The van der Waals surface area contributed by atoms with Gasteiger partial charge in [0.2, 0.25) is 0 Å². The molecule has 0 saturated carbocycles. The summed E-state index contributed by atoms with van der Waals surface area (Å²) in [6.07, 6.45) is 0. The number of benzene rings is 2. The zero-order chi connectivity index (χ0) is 13.7. The van der Waals surface area contributed by atoms with Crippen molar-refractivity contribution in [2.75, 3.05) is 14.1 Å². The molecule has 0 heterocycles. The zero-order valence-electron chi connectivity index (χ0n) is 11.2. The second-order valence-electron chi connectivity index (χ2n) is 4.60. The van der Waals surface area contributed by atoms with Crippen LogP contribution in [0.15, 0.2) is 54.6 Å². The molecule has 0 N–H and O–H groups in total. The molecule has 0 amide bonds. The van der Waals surface area contributed by atoms with E-state index >= 15 is 0 Å². The summed E-state index contributed by atoms with van der Waals surface area (Å²) in [5.41, 5.74) is 1.55. The third-order valence-electron chi connectivity index (χ3n) is 2.67. The van der Waals surface area contributed by atoms with Crippen LogP contribution in [0.2, 0.25) is 0 Å².